The summed E-state index contributed by atoms with van der Waals surface area (Å²) < 4.78 is 11.6. The van der Waals surface area contributed by atoms with E-state index in [1.54, 1.807) is 42.0 Å². The van der Waals surface area contributed by atoms with E-state index in [0.29, 0.717) is 23.1 Å². The number of hydrogen-bond acceptors (Lipinski definition) is 7. The number of carbonyl (C=O) groups is 1. The van der Waals surface area contributed by atoms with Crippen LogP contribution in [-0.4, -0.2) is 33.2 Å². The molecule has 0 saturated carbocycles. The van der Waals surface area contributed by atoms with Crippen molar-refractivity contribution in [1.29, 1.82) is 0 Å². The Labute approximate surface area is 217 Å². The molecule has 4 aromatic carbocycles. The Morgan fingerprint density at radius 1 is 0.895 bits per heavy atom. The van der Waals surface area contributed by atoms with E-state index in [9.17, 15) is 15.0 Å². The summed E-state index contributed by atoms with van der Waals surface area (Å²) >= 11 is 0. The van der Waals surface area contributed by atoms with Crippen LogP contribution in [0.25, 0.3) is 27.7 Å². The maximum absolute atomic E-state index is 11.2. The van der Waals surface area contributed by atoms with Crippen LogP contribution in [0.4, 0.5) is 16.2 Å². The summed E-state index contributed by atoms with van der Waals surface area (Å²) in [6.45, 7) is 0.484. The predicted molar refractivity (Wildman–Crippen MR) is 142 cm³/mol. The average molecular weight is 510 g/mol. The van der Waals surface area contributed by atoms with Gasteiger partial charge in [-0.2, -0.15) is 0 Å². The molecule has 38 heavy (non-hydrogen) atoms. The Balaban J connectivity index is 1.54. The van der Waals surface area contributed by atoms with Crippen molar-refractivity contribution in [2.75, 3.05) is 7.11 Å². The second kappa shape index (κ2) is 10.5. The summed E-state index contributed by atoms with van der Waals surface area (Å²) in [6.07, 6.45) is -1.43. The smallest absolute Gasteiger partial charge is 0.505 e. The molecule has 0 radical (unpaired) electrons. The van der Waals surface area contributed by atoms with Gasteiger partial charge in [-0.1, -0.05) is 54.6 Å². The van der Waals surface area contributed by atoms with E-state index in [1.807, 2.05) is 48.5 Å². The lowest BCUT2D eigenvalue weighted by Gasteiger charge is -2.08. The van der Waals surface area contributed by atoms with Crippen molar-refractivity contribution in [2.24, 2.45) is 10.2 Å². The van der Waals surface area contributed by atoms with Crippen LogP contribution in [0.3, 0.4) is 0 Å². The van der Waals surface area contributed by atoms with Crippen LogP contribution in [0.15, 0.2) is 101 Å². The topological polar surface area (TPSA) is 126 Å². The number of ether oxygens (including phenoxy) is 2. The van der Waals surface area contributed by atoms with Crippen molar-refractivity contribution in [3.63, 3.8) is 0 Å². The van der Waals surface area contributed by atoms with Gasteiger partial charge in [0.15, 0.2) is 11.4 Å². The lowest BCUT2D eigenvalue weighted by molar-refractivity contribution is 0.144. The standard InChI is InChI=1S/C29H23N3O6/c1-37-17-18-12-14-20(15-13-18)32-25-11-3-2-8-23(25)26(28(32)34)31-30-24-10-5-9-22(27(24)33)19-6-4-7-21(16-19)38-29(35)36/h2-16,33-34H,17H2,1H3,(H,35,36). The van der Waals surface area contributed by atoms with E-state index in [2.05, 4.69) is 10.2 Å². The van der Waals surface area contributed by atoms with E-state index in [-0.39, 0.29) is 28.8 Å². The Kier molecular flexibility index (Phi) is 6.75. The molecule has 0 atom stereocenters. The fraction of sp³-hybridized carbons (Fsp3) is 0.0690. The second-order valence-corrected chi connectivity index (χ2v) is 8.39. The minimum absolute atomic E-state index is 0.0939. The highest BCUT2D eigenvalue weighted by molar-refractivity contribution is 5.96. The zero-order valence-corrected chi connectivity index (χ0v) is 20.3. The number of rotatable bonds is 7. The van der Waals surface area contributed by atoms with Gasteiger partial charge in [-0.25, -0.2) is 4.79 Å². The molecule has 0 saturated heterocycles. The van der Waals surface area contributed by atoms with Crippen molar-refractivity contribution in [3.05, 3.63) is 96.6 Å². The lowest BCUT2D eigenvalue weighted by Crippen LogP contribution is -2.02. The fourth-order valence-electron chi connectivity index (χ4n) is 4.25. The number of carboxylic acid groups (broad SMARTS) is 1. The van der Waals surface area contributed by atoms with Crippen molar-refractivity contribution < 1.29 is 29.6 Å². The first-order chi connectivity index (χ1) is 18.5. The lowest BCUT2D eigenvalue weighted by atomic mass is 10.0. The molecule has 0 fully saturated rings. The SMILES string of the molecule is COCc1ccc(-n2c(O)c(N=Nc3cccc(-c4cccc(OC(=O)O)c4)c3O)c3ccccc32)cc1. The van der Waals surface area contributed by atoms with E-state index >= 15 is 0 Å². The van der Waals surface area contributed by atoms with Gasteiger partial charge in [-0.3, -0.25) is 4.57 Å². The molecule has 0 amide bonds. The van der Waals surface area contributed by atoms with Crippen molar-refractivity contribution >= 4 is 28.4 Å². The van der Waals surface area contributed by atoms with Crippen LogP contribution in [-0.2, 0) is 11.3 Å². The molecule has 1 heterocycles. The van der Waals surface area contributed by atoms with Crippen LogP contribution >= 0.6 is 0 Å². The summed E-state index contributed by atoms with van der Waals surface area (Å²) in [6, 6.07) is 26.3. The minimum atomic E-state index is -1.43. The van der Waals surface area contributed by atoms with Crippen molar-refractivity contribution in [1.82, 2.24) is 4.57 Å². The minimum Gasteiger partial charge on any atom is -0.505 e. The van der Waals surface area contributed by atoms with Crippen LogP contribution in [0.5, 0.6) is 17.4 Å². The number of aromatic nitrogens is 1. The highest BCUT2D eigenvalue weighted by atomic mass is 16.7. The monoisotopic (exact) mass is 509 g/mol. The first-order valence-corrected chi connectivity index (χ1v) is 11.6. The van der Waals surface area contributed by atoms with Crippen molar-refractivity contribution in [2.45, 2.75) is 6.61 Å². The molecule has 0 unspecified atom stereocenters. The number of phenols is 1. The molecule has 1 aromatic heterocycles. The molecule has 0 bridgehead atoms. The maximum atomic E-state index is 11.2. The van der Waals surface area contributed by atoms with E-state index in [4.69, 9.17) is 14.6 Å². The van der Waals surface area contributed by atoms with Gasteiger partial charge in [0.2, 0.25) is 5.88 Å². The first-order valence-electron chi connectivity index (χ1n) is 11.6. The van der Waals surface area contributed by atoms with E-state index < -0.39 is 6.16 Å². The number of fused-ring (bicyclic) bond motifs is 1. The molecule has 3 N–H and O–H groups in total. The maximum Gasteiger partial charge on any atom is 0.511 e. The fourth-order valence-corrected chi connectivity index (χ4v) is 4.25. The molecule has 9 nitrogen and oxygen atoms in total. The first kappa shape index (κ1) is 24.5. The molecule has 5 rings (SSSR count). The number of nitrogens with zero attached hydrogens (tertiary/aromatic N) is 3. The Bertz CT molecular complexity index is 1660. The van der Waals surface area contributed by atoms with Gasteiger partial charge in [0.1, 0.15) is 11.4 Å². The Morgan fingerprint density at radius 2 is 1.66 bits per heavy atom. The van der Waals surface area contributed by atoms with Crippen LogP contribution in [0.1, 0.15) is 5.56 Å². The van der Waals surface area contributed by atoms with Gasteiger partial charge in [-0.05, 0) is 47.5 Å². The number of hydrogen-bond donors (Lipinski definition) is 3. The largest absolute Gasteiger partial charge is 0.511 e. The number of benzene rings is 4. The third-order valence-corrected chi connectivity index (χ3v) is 5.95. The highest BCUT2D eigenvalue weighted by Crippen LogP contribution is 2.43. The van der Waals surface area contributed by atoms with E-state index in [0.717, 1.165) is 16.8 Å². The van der Waals surface area contributed by atoms with Gasteiger partial charge < -0.3 is 24.8 Å². The average Bonchev–Trinajstić information content (AvgIpc) is 3.19. The second-order valence-electron chi connectivity index (χ2n) is 8.39. The molecule has 0 aliphatic heterocycles. The van der Waals surface area contributed by atoms with Gasteiger partial charge in [0.05, 0.1) is 12.1 Å². The predicted octanol–water partition coefficient (Wildman–Crippen LogP) is 7.33. The number of aromatic hydroxyl groups is 2. The summed E-state index contributed by atoms with van der Waals surface area (Å²) in [7, 11) is 1.63. The Morgan fingerprint density at radius 3 is 2.42 bits per heavy atom. The Hall–Kier alpha value is -5.15. The summed E-state index contributed by atoms with van der Waals surface area (Å²) in [5.41, 5.74) is 3.87. The van der Waals surface area contributed by atoms with Crippen LogP contribution in [0, 0.1) is 0 Å². The quantitative estimate of drug-likeness (QED) is 0.120. The molecular weight excluding hydrogens is 486 g/mol. The summed E-state index contributed by atoms with van der Waals surface area (Å²) in [4.78, 5) is 10.9. The molecular formula is C29H23N3O6. The number of phenolic OH excluding ortho intramolecular Hbond substituents is 1. The third-order valence-electron chi connectivity index (χ3n) is 5.95. The highest BCUT2D eigenvalue weighted by Gasteiger charge is 2.18. The van der Waals surface area contributed by atoms with Crippen molar-refractivity contribution in [3.8, 4) is 34.2 Å². The third kappa shape index (κ3) is 4.78. The van der Waals surface area contributed by atoms with Gasteiger partial charge >= 0.3 is 6.16 Å². The zero-order chi connectivity index (χ0) is 26.6. The van der Waals surface area contributed by atoms with Crippen LogP contribution < -0.4 is 4.74 Å². The molecule has 5 aromatic rings. The molecule has 0 aliphatic carbocycles. The molecule has 9 heteroatoms. The van der Waals surface area contributed by atoms with E-state index in [1.165, 1.54) is 12.1 Å². The molecule has 190 valence electrons. The normalized spacial score (nSPS) is 11.3. The van der Waals surface area contributed by atoms with Crippen LogP contribution in [0.2, 0.25) is 0 Å². The zero-order valence-electron chi connectivity index (χ0n) is 20.3. The summed E-state index contributed by atoms with van der Waals surface area (Å²) in [5.74, 6) is -0.126. The van der Waals surface area contributed by atoms with Gasteiger partial charge in [-0.15, -0.1) is 10.2 Å². The number of methoxy groups -OCH3 is 1. The number of para-hydroxylation sites is 2. The molecule has 0 aliphatic rings. The van der Waals surface area contributed by atoms with Gasteiger partial charge in [0.25, 0.3) is 0 Å². The molecule has 0 spiro atoms. The summed E-state index contributed by atoms with van der Waals surface area (Å²) in [5, 5.41) is 40.3. The number of azo groups is 1. The van der Waals surface area contributed by atoms with Gasteiger partial charge in [0, 0.05) is 23.7 Å².